The van der Waals surface area contributed by atoms with E-state index in [0.717, 1.165) is 28.8 Å². The van der Waals surface area contributed by atoms with E-state index in [1.807, 2.05) is 60.7 Å². The lowest BCUT2D eigenvalue weighted by Gasteiger charge is -2.29. The van der Waals surface area contributed by atoms with Crippen molar-refractivity contribution < 1.29 is 9.53 Å². The molecule has 0 bridgehead atoms. The Balaban J connectivity index is 1.70. The van der Waals surface area contributed by atoms with Crippen molar-refractivity contribution in [2.75, 3.05) is 37.0 Å². The van der Waals surface area contributed by atoms with Crippen LogP contribution in [-0.4, -0.2) is 47.2 Å². The van der Waals surface area contributed by atoms with Crippen LogP contribution in [0.25, 0.3) is 0 Å². The molecule has 1 saturated heterocycles. The van der Waals surface area contributed by atoms with Gasteiger partial charge in [-0.1, -0.05) is 60.4 Å². The zero-order valence-corrected chi connectivity index (χ0v) is 15.5. The fourth-order valence-corrected chi connectivity index (χ4v) is 3.72. The molecule has 0 aliphatic carbocycles. The normalized spacial score (nSPS) is 14.2. The summed E-state index contributed by atoms with van der Waals surface area (Å²) in [5.74, 6) is 0.318. The second-order valence-corrected chi connectivity index (χ2v) is 7.16. The number of rotatable bonds is 4. The Morgan fingerprint density at radius 3 is 2.04 bits per heavy atom. The third kappa shape index (κ3) is 4.81. The molecule has 0 N–H and O–H groups in total. The number of nitrogens with zero attached hydrogens (tertiary/aromatic N) is 2. The fraction of sp³-hybridized carbons (Fsp3) is 0.263. The molecule has 2 aromatic rings. The van der Waals surface area contributed by atoms with Crippen LogP contribution in [0.4, 0.5) is 11.4 Å². The topological polar surface area (TPSA) is 32.8 Å². The molecule has 1 fully saturated rings. The molecule has 2 aromatic carbocycles. The van der Waals surface area contributed by atoms with Gasteiger partial charge in [0.25, 0.3) is 0 Å². The molecule has 4 nitrogen and oxygen atoms in total. The number of thioether (sulfide) groups is 1. The number of carbonyl (C=O) groups excluding carboxylic acids is 1. The minimum absolute atomic E-state index is 0.0120. The Kier molecular flexibility index (Phi) is 6.44. The highest BCUT2D eigenvalue weighted by atomic mass is 32.2. The van der Waals surface area contributed by atoms with Gasteiger partial charge in [-0.05, 0) is 24.3 Å². The maximum atomic E-state index is 12.9. The first-order valence-corrected chi connectivity index (χ1v) is 9.57. The monoisotopic (exact) mass is 372 g/mol. The number of hydrogen-bond donors (Lipinski definition) is 0. The Hall–Kier alpha value is -1.89. The van der Waals surface area contributed by atoms with Crippen LogP contribution in [0.2, 0.25) is 0 Å². The molecule has 3 rings (SSSR count). The highest BCUT2D eigenvalue weighted by molar-refractivity contribution is 8.23. The third-order valence-electron chi connectivity index (χ3n) is 3.87. The minimum atomic E-state index is 0.0120. The first kappa shape index (κ1) is 17.9. The molecule has 0 atom stereocenters. The van der Waals surface area contributed by atoms with Crippen molar-refractivity contribution in [2.45, 2.75) is 0 Å². The molecular formula is C19H20N2O2S2. The smallest absolute Gasteiger partial charge is 0.241 e. The maximum absolute atomic E-state index is 12.9. The van der Waals surface area contributed by atoms with Crippen LogP contribution in [0, 0.1) is 0 Å². The number of amides is 1. The largest absolute Gasteiger partial charge is 0.378 e. The number of carbonyl (C=O) groups is 1. The summed E-state index contributed by atoms with van der Waals surface area (Å²) in [7, 11) is 0. The molecule has 0 saturated carbocycles. The highest BCUT2D eigenvalue weighted by Gasteiger charge is 2.20. The summed E-state index contributed by atoms with van der Waals surface area (Å²) in [4.78, 5) is 16.8. The van der Waals surface area contributed by atoms with Crippen LogP contribution >= 0.6 is 24.0 Å². The van der Waals surface area contributed by atoms with Crippen LogP contribution in [0.3, 0.4) is 0 Å². The van der Waals surface area contributed by atoms with Gasteiger partial charge >= 0.3 is 0 Å². The molecule has 130 valence electrons. The van der Waals surface area contributed by atoms with Gasteiger partial charge in [0.2, 0.25) is 5.91 Å². The minimum Gasteiger partial charge on any atom is -0.378 e. The predicted octanol–water partition coefficient (Wildman–Crippen LogP) is 3.70. The van der Waals surface area contributed by atoms with Crippen LogP contribution in [0.15, 0.2) is 60.7 Å². The highest BCUT2D eigenvalue weighted by Crippen LogP contribution is 2.26. The van der Waals surface area contributed by atoms with Crippen LogP contribution in [-0.2, 0) is 9.53 Å². The Morgan fingerprint density at radius 1 is 1.00 bits per heavy atom. The number of thiocarbonyl (C=S) groups is 1. The van der Waals surface area contributed by atoms with E-state index in [9.17, 15) is 4.79 Å². The molecule has 1 aliphatic heterocycles. The second kappa shape index (κ2) is 8.99. The van der Waals surface area contributed by atoms with Crippen molar-refractivity contribution in [1.82, 2.24) is 4.90 Å². The van der Waals surface area contributed by atoms with Gasteiger partial charge in [0.15, 0.2) is 0 Å². The van der Waals surface area contributed by atoms with E-state index >= 15 is 0 Å². The Bertz CT molecular complexity index is 664. The van der Waals surface area contributed by atoms with Gasteiger partial charge < -0.3 is 9.64 Å². The van der Waals surface area contributed by atoms with E-state index in [-0.39, 0.29) is 5.91 Å². The van der Waals surface area contributed by atoms with Crippen molar-refractivity contribution in [3.05, 3.63) is 60.7 Å². The Labute approximate surface area is 157 Å². The van der Waals surface area contributed by atoms with Gasteiger partial charge in [-0.15, -0.1) is 0 Å². The lowest BCUT2D eigenvalue weighted by molar-refractivity contribution is -0.115. The van der Waals surface area contributed by atoms with E-state index < -0.39 is 0 Å². The summed E-state index contributed by atoms with van der Waals surface area (Å²) >= 11 is 6.89. The number of benzene rings is 2. The van der Waals surface area contributed by atoms with Crippen molar-refractivity contribution in [2.24, 2.45) is 0 Å². The predicted molar refractivity (Wildman–Crippen MR) is 107 cm³/mol. The number of anilines is 2. The molecule has 0 unspecified atom stereocenters. The summed E-state index contributed by atoms with van der Waals surface area (Å²) in [5.41, 5.74) is 1.72. The van der Waals surface area contributed by atoms with Crippen molar-refractivity contribution in [3.8, 4) is 0 Å². The summed E-state index contributed by atoms with van der Waals surface area (Å²) in [6.07, 6.45) is 0. The van der Waals surface area contributed by atoms with E-state index in [1.54, 1.807) is 4.90 Å². The van der Waals surface area contributed by atoms with Crippen LogP contribution in [0.5, 0.6) is 0 Å². The van der Waals surface area contributed by atoms with E-state index in [1.165, 1.54) is 11.8 Å². The molecule has 0 aromatic heterocycles. The van der Waals surface area contributed by atoms with Crippen LogP contribution < -0.4 is 4.90 Å². The summed E-state index contributed by atoms with van der Waals surface area (Å²) in [6.45, 7) is 2.96. The van der Waals surface area contributed by atoms with Crippen molar-refractivity contribution in [1.29, 1.82) is 0 Å². The quantitative estimate of drug-likeness (QED) is 0.764. The molecule has 1 amide bonds. The molecule has 25 heavy (non-hydrogen) atoms. The van der Waals surface area contributed by atoms with Gasteiger partial charge in [0.1, 0.15) is 4.32 Å². The molecule has 1 aliphatic rings. The zero-order chi connectivity index (χ0) is 17.5. The van der Waals surface area contributed by atoms with Crippen molar-refractivity contribution >= 4 is 45.6 Å². The average molecular weight is 373 g/mol. The van der Waals surface area contributed by atoms with E-state index in [2.05, 4.69) is 4.90 Å². The molecule has 6 heteroatoms. The summed E-state index contributed by atoms with van der Waals surface area (Å²) in [6, 6.07) is 19.4. The fourth-order valence-electron chi connectivity index (χ4n) is 2.62. The van der Waals surface area contributed by atoms with E-state index in [4.69, 9.17) is 17.0 Å². The molecule has 0 spiro atoms. The van der Waals surface area contributed by atoms with Gasteiger partial charge in [0, 0.05) is 24.5 Å². The standard InChI is InChI=1S/C19H20N2O2S2/c22-18(15-25-19(24)20-11-13-23-14-12-20)21(16-7-3-1-4-8-16)17-9-5-2-6-10-17/h1-10H,11-15H2. The van der Waals surface area contributed by atoms with Gasteiger partial charge in [-0.2, -0.15) is 0 Å². The van der Waals surface area contributed by atoms with E-state index in [0.29, 0.717) is 19.0 Å². The number of morpholine rings is 1. The summed E-state index contributed by atoms with van der Waals surface area (Å²) < 4.78 is 6.11. The zero-order valence-electron chi connectivity index (χ0n) is 13.8. The summed E-state index contributed by atoms with van der Waals surface area (Å²) in [5, 5.41) is 0. The van der Waals surface area contributed by atoms with Gasteiger partial charge in [-0.3, -0.25) is 9.69 Å². The first-order valence-electron chi connectivity index (χ1n) is 8.18. The maximum Gasteiger partial charge on any atom is 0.241 e. The average Bonchev–Trinajstić information content (AvgIpc) is 2.69. The lowest BCUT2D eigenvalue weighted by Crippen LogP contribution is -2.39. The first-order chi connectivity index (χ1) is 12.3. The number of para-hydroxylation sites is 2. The van der Waals surface area contributed by atoms with Crippen molar-refractivity contribution in [3.63, 3.8) is 0 Å². The molecular weight excluding hydrogens is 352 g/mol. The molecule has 1 heterocycles. The SMILES string of the molecule is O=C(CSC(=S)N1CCOCC1)N(c1ccccc1)c1ccccc1. The van der Waals surface area contributed by atoms with Gasteiger partial charge in [0.05, 0.1) is 19.0 Å². The second-order valence-electron chi connectivity index (χ2n) is 5.55. The number of hydrogen-bond acceptors (Lipinski definition) is 4. The Morgan fingerprint density at radius 2 is 1.52 bits per heavy atom. The van der Waals surface area contributed by atoms with Gasteiger partial charge in [-0.25, -0.2) is 0 Å². The third-order valence-corrected chi connectivity index (χ3v) is 5.37. The molecule has 0 radical (unpaired) electrons. The van der Waals surface area contributed by atoms with Crippen LogP contribution in [0.1, 0.15) is 0 Å². The lowest BCUT2D eigenvalue weighted by atomic mass is 10.2. The number of ether oxygens (including phenoxy) is 1.